The predicted octanol–water partition coefficient (Wildman–Crippen LogP) is 4.42. The molecule has 0 saturated carbocycles. The van der Waals surface area contributed by atoms with Crippen LogP contribution in [0.2, 0.25) is 0 Å². The first-order valence-corrected chi connectivity index (χ1v) is 10.7. The third kappa shape index (κ3) is 4.11. The lowest BCUT2D eigenvalue weighted by Crippen LogP contribution is -2.26. The SMILES string of the molecule is Cc1cc(NC(=O)C(C)Sc2nc3ccccc3c(=O)n2-c2cccc(C)c2C)no1. The molecule has 0 spiro atoms. The molecule has 1 amide bonds. The molecule has 0 aliphatic carbocycles. The Morgan fingerprint density at radius 2 is 1.90 bits per heavy atom. The van der Waals surface area contributed by atoms with Gasteiger partial charge in [0.25, 0.3) is 5.56 Å². The highest BCUT2D eigenvalue weighted by Gasteiger charge is 2.22. The zero-order chi connectivity index (χ0) is 22.1. The second-order valence-corrected chi connectivity index (χ2v) is 8.65. The van der Waals surface area contributed by atoms with Crippen molar-refractivity contribution in [2.24, 2.45) is 0 Å². The van der Waals surface area contributed by atoms with Gasteiger partial charge in [-0.1, -0.05) is 41.2 Å². The average Bonchev–Trinajstić information content (AvgIpc) is 3.15. The van der Waals surface area contributed by atoms with Crippen molar-refractivity contribution in [2.45, 2.75) is 38.1 Å². The van der Waals surface area contributed by atoms with E-state index in [1.54, 1.807) is 36.6 Å². The minimum atomic E-state index is -0.526. The number of aryl methyl sites for hydroxylation is 2. The van der Waals surface area contributed by atoms with Gasteiger partial charge >= 0.3 is 0 Å². The number of nitrogens with zero attached hydrogens (tertiary/aromatic N) is 3. The van der Waals surface area contributed by atoms with Gasteiger partial charge in [0.2, 0.25) is 5.91 Å². The van der Waals surface area contributed by atoms with Crippen molar-refractivity contribution >= 4 is 34.4 Å². The molecule has 31 heavy (non-hydrogen) atoms. The first-order valence-electron chi connectivity index (χ1n) is 9.84. The Labute approximate surface area is 183 Å². The molecule has 7 nitrogen and oxygen atoms in total. The molecule has 0 saturated heterocycles. The maximum absolute atomic E-state index is 13.4. The Morgan fingerprint density at radius 1 is 1.13 bits per heavy atom. The van der Waals surface area contributed by atoms with Crippen LogP contribution in [0.4, 0.5) is 5.82 Å². The van der Waals surface area contributed by atoms with Crippen LogP contribution in [-0.2, 0) is 4.79 Å². The number of hydrogen-bond donors (Lipinski definition) is 1. The van der Waals surface area contributed by atoms with Gasteiger partial charge in [-0.15, -0.1) is 0 Å². The molecule has 1 atom stereocenters. The van der Waals surface area contributed by atoms with Crippen molar-refractivity contribution in [3.05, 3.63) is 75.8 Å². The van der Waals surface area contributed by atoms with Gasteiger partial charge in [0.1, 0.15) is 5.76 Å². The monoisotopic (exact) mass is 434 g/mol. The summed E-state index contributed by atoms with van der Waals surface area (Å²) in [6, 6.07) is 14.7. The van der Waals surface area contributed by atoms with Gasteiger partial charge in [0, 0.05) is 6.07 Å². The summed E-state index contributed by atoms with van der Waals surface area (Å²) in [5.41, 5.74) is 3.24. The van der Waals surface area contributed by atoms with E-state index in [9.17, 15) is 9.59 Å². The lowest BCUT2D eigenvalue weighted by atomic mass is 10.1. The van der Waals surface area contributed by atoms with E-state index in [0.29, 0.717) is 27.6 Å². The normalized spacial score (nSPS) is 12.1. The molecule has 1 N–H and O–H groups in total. The zero-order valence-electron chi connectivity index (χ0n) is 17.7. The van der Waals surface area contributed by atoms with Crippen molar-refractivity contribution in [1.82, 2.24) is 14.7 Å². The number of para-hydroxylation sites is 1. The highest BCUT2D eigenvalue weighted by molar-refractivity contribution is 8.00. The van der Waals surface area contributed by atoms with Gasteiger partial charge in [0.15, 0.2) is 11.0 Å². The Balaban J connectivity index is 1.78. The van der Waals surface area contributed by atoms with Crippen LogP contribution in [0.1, 0.15) is 23.8 Å². The largest absolute Gasteiger partial charge is 0.360 e. The molecule has 2 aromatic heterocycles. The van der Waals surface area contributed by atoms with Crippen LogP contribution in [0.3, 0.4) is 0 Å². The third-order valence-electron chi connectivity index (χ3n) is 5.09. The number of aromatic nitrogens is 3. The van der Waals surface area contributed by atoms with Crippen LogP contribution in [-0.4, -0.2) is 25.9 Å². The van der Waals surface area contributed by atoms with Crippen LogP contribution in [0.5, 0.6) is 0 Å². The van der Waals surface area contributed by atoms with E-state index < -0.39 is 5.25 Å². The van der Waals surface area contributed by atoms with Gasteiger partial charge in [-0.3, -0.25) is 14.2 Å². The zero-order valence-corrected chi connectivity index (χ0v) is 18.5. The quantitative estimate of drug-likeness (QED) is 0.369. The summed E-state index contributed by atoms with van der Waals surface area (Å²) < 4.78 is 6.60. The molecular weight excluding hydrogens is 412 g/mol. The van der Waals surface area contributed by atoms with Crippen LogP contribution in [0, 0.1) is 20.8 Å². The molecule has 158 valence electrons. The number of carbonyl (C=O) groups is 1. The van der Waals surface area contributed by atoms with Crippen LogP contribution < -0.4 is 10.9 Å². The topological polar surface area (TPSA) is 90.0 Å². The molecular formula is C23H22N4O3S. The second kappa shape index (κ2) is 8.39. The standard InChI is InChI=1S/C23H22N4O3S/c1-13-8-7-11-19(15(13)3)27-22(29)17-9-5-6-10-18(17)24-23(27)31-16(4)21(28)25-20-12-14(2)30-26-20/h5-12,16H,1-4H3,(H,25,26,28). The summed E-state index contributed by atoms with van der Waals surface area (Å²) >= 11 is 1.22. The van der Waals surface area contributed by atoms with Crippen LogP contribution in [0.15, 0.2) is 63.0 Å². The molecule has 4 aromatic rings. The molecule has 0 bridgehead atoms. The fourth-order valence-electron chi connectivity index (χ4n) is 3.25. The van der Waals surface area contributed by atoms with Gasteiger partial charge in [-0.05, 0) is 57.0 Å². The van der Waals surface area contributed by atoms with Gasteiger partial charge in [-0.25, -0.2) is 4.98 Å². The summed E-state index contributed by atoms with van der Waals surface area (Å²) in [6.45, 7) is 7.50. The minimum Gasteiger partial charge on any atom is -0.360 e. The van der Waals surface area contributed by atoms with Crippen LogP contribution in [0.25, 0.3) is 16.6 Å². The predicted molar refractivity (Wildman–Crippen MR) is 122 cm³/mol. The lowest BCUT2D eigenvalue weighted by Gasteiger charge is -2.18. The van der Waals surface area contributed by atoms with E-state index in [4.69, 9.17) is 9.51 Å². The highest BCUT2D eigenvalue weighted by atomic mass is 32.2. The molecule has 0 fully saturated rings. The Morgan fingerprint density at radius 3 is 2.65 bits per heavy atom. The molecule has 0 aliphatic rings. The third-order valence-corrected chi connectivity index (χ3v) is 6.14. The molecule has 2 aromatic carbocycles. The van der Waals surface area contributed by atoms with E-state index >= 15 is 0 Å². The van der Waals surface area contributed by atoms with Gasteiger partial charge in [0.05, 0.1) is 21.8 Å². The first-order chi connectivity index (χ1) is 14.8. The van der Waals surface area contributed by atoms with Gasteiger partial charge in [-0.2, -0.15) is 0 Å². The van der Waals surface area contributed by atoms with E-state index in [1.807, 2.05) is 44.2 Å². The number of nitrogens with one attached hydrogen (secondary N) is 1. The maximum Gasteiger partial charge on any atom is 0.266 e. The van der Waals surface area contributed by atoms with Crippen molar-refractivity contribution in [3.63, 3.8) is 0 Å². The van der Waals surface area contributed by atoms with Crippen molar-refractivity contribution in [3.8, 4) is 5.69 Å². The average molecular weight is 435 g/mol. The highest BCUT2D eigenvalue weighted by Crippen LogP contribution is 2.27. The Bertz CT molecular complexity index is 1340. The molecule has 8 heteroatoms. The molecule has 1 unspecified atom stereocenters. The van der Waals surface area contributed by atoms with Crippen molar-refractivity contribution in [2.75, 3.05) is 5.32 Å². The van der Waals surface area contributed by atoms with Crippen LogP contribution >= 0.6 is 11.8 Å². The summed E-state index contributed by atoms with van der Waals surface area (Å²) in [7, 11) is 0. The number of thioether (sulfide) groups is 1. The molecule has 0 aliphatic heterocycles. The maximum atomic E-state index is 13.4. The Hall–Kier alpha value is -3.39. The number of rotatable bonds is 5. The van der Waals surface area contributed by atoms with E-state index in [2.05, 4.69) is 10.5 Å². The molecule has 0 radical (unpaired) electrons. The van der Waals surface area contributed by atoms with E-state index in [-0.39, 0.29) is 11.5 Å². The summed E-state index contributed by atoms with van der Waals surface area (Å²) in [6.07, 6.45) is 0. The second-order valence-electron chi connectivity index (χ2n) is 7.34. The van der Waals surface area contributed by atoms with Crippen molar-refractivity contribution in [1.29, 1.82) is 0 Å². The van der Waals surface area contributed by atoms with Crippen molar-refractivity contribution < 1.29 is 9.32 Å². The number of benzene rings is 2. The first kappa shape index (κ1) is 20.9. The molecule has 4 rings (SSSR count). The summed E-state index contributed by atoms with van der Waals surface area (Å²) in [5, 5.41) is 6.99. The number of fused-ring (bicyclic) bond motifs is 1. The fourth-order valence-corrected chi connectivity index (χ4v) is 4.17. The minimum absolute atomic E-state index is 0.165. The fraction of sp³-hybridized carbons (Fsp3) is 0.217. The van der Waals surface area contributed by atoms with E-state index in [0.717, 1.165) is 16.8 Å². The summed E-state index contributed by atoms with van der Waals surface area (Å²) in [5.74, 6) is 0.706. The molecule has 2 heterocycles. The Kier molecular flexibility index (Phi) is 5.65. The number of carbonyl (C=O) groups excluding carboxylic acids is 1. The number of hydrogen-bond acceptors (Lipinski definition) is 6. The number of amides is 1. The number of anilines is 1. The van der Waals surface area contributed by atoms with E-state index in [1.165, 1.54) is 11.8 Å². The smallest absolute Gasteiger partial charge is 0.266 e. The summed E-state index contributed by atoms with van der Waals surface area (Å²) in [4.78, 5) is 30.9. The van der Waals surface area contributed by atoms with Gasteiger partial charge < -0.3 is 9.84 Å². The lowest BCUT2D eigenvalue weighted by molar-refractivity contribution is -0.115.